The van der Waals surface area contributed by atoms with Crippen LogP contribution in [-0.4, -0.2) is 51.1 Å². The largest absolute Gasteiger partial charge is 0.353 e. The fraction of sp³-hybridized carbons (Fsp3) is 0.316. The number of anilines is 1. The fourth-order valence-corrected chi connectivity index (χ4v) is 3.25. The summed E-state index contributed by atoms with van der Waals surface area (Å²) in [4.78, 5) is 4.34. The summed E-state index contributed by atoms with van der Waals surface area (Å²) >= 11 is 0. The third-order valence-corrected chi connectivity index (χ3v) is 4.62. The Morgan fingerprint density at radius 2 is 1.56 bits per heavy atom. The third kappa shape index (κ3) is 4.11. The van der Waals surface area contributed by atoms with Gasteiger partial charge in [0, 0.05) is 45.0 Å². The molecule has 2 aromatic heterocycles. The molecule has 0 aliphatic carbocycles. The van der Waals surface area contributed by atoms with Crippen molar-refractivity contribution in [2.75, 3.05) is 31.1 Å². The van der Waals surface area contributed by atoms with Gasteiger partial charge in [-0.05, 0) is 42.8 Å². The molecule has 3 heterocycles. The van der Waals surface area contributed by atoms with Gasteiger partial charge < -0.3 is 4.90 Å². The van der Waals surface area contributed by atoms with E-state index >= 15 is 0 Å². The second kappa shape index (κ2) is 7.40. The molecule has 1 aliphatic rings. The van der Waals surface area contributed by atoms with Crippen LogP contribution in [0.4, 0.5) is 14.6 Å². The van der Waals surface area contributed by atoms with Crippen molar-refractivity contribution in [1.29, 1.82) is 0 Å². The minimum Gasteiger partial charge on any atom is -0.353 e. The molecule has 0 amide bonds. The molecule has 1 fully saturated rings. The average Bonchev–Trinajstić information content (AvgIpc) is 3.08. The van der Waals surface area contributed by atoms with Gasteiger partial charge in [-0.3, -0.25) is 4.90 Å². The molecule has 0 radical (unpaired) electrons. The number of nitrogens with zero attached hydrogens (tertiary/aromatic N) is 6. The van der Waals surface area contributed by atoms with Crippen molar-refractivity contribution in [1.82, 2.24) is 24.9 Å². The number of benzene rings is 1. The lowest BCUT2D eigenvalue weighted by molar-refractivity contribution is 0.248. The van der Waals surface area contributed by atoms with E-state index in [0.717, 1.165) is 43.8 Å². The molecule has 8 heteroatoms. The lowest BCUT2D eigenvalue weighted by atomic mass is 10.2. The predicted molar refractivity (Wildman–Crippen MR) is 97.7 cm³/mol. The summed E-state index contributed by atoms with van der Waals surface area (Å²) in [7, 11) is 0. The van der Waals surface area contributed by atoms with Gasteiger partial charge in [0.15, 0.2) is 11.6 Å². The van der Waals surface area contributed by atoms with Crippen LogP contribution >= 0.6 is 0 Å². The molecule has 1 aromatic carbocycles. The highest BCUT2D eigenvalue weighted by Crippen LogP contribution is 2.16. The Hall–Kier alpha value is -2.87. The zero-order chi connectivity index (χ0) is 18.8. The topological polar surface area (TPSA) is 50.1 Å². The smallest absolute Gasteiger partial charge is 0.175 e. The predicted octanol–water partition coefficient (Wildman–Crippen LogP) is 2.57. The summed E-state index contributed by atoms with van der Waals surface area (Å²) in [5.41, 5.74) is 1.58. The summed E-state index contributed by atoms with van der Waals surface area (Å²) < 4.78 is 28.4. The number of halogens is 2. The Bertz CT molecular complexity index is 896. The maximum Gasteiger partial charge on any atom is 0.175 e. The lowest BCUT2D eigenvalue weighted by Gasteiger charge is -2.35. The van der Waals surface area contributed by atoms with Crippen molar-refractivity contribution < 1.29 is 8.78 Å². The minimum absolute atomic E-state index is 0.534. The van der Waals surface area contributed by atoms with Crippen LogP contribution in [0.5, 0.6) is 0 Å². The maximum absolute atomic E-state index is 13.3. The second-order valence-electron chi connectivity index (χ2n) is 6.69. The van der Waals surface area contributed by atoms with Crippen LogP contribution in [0.1, 0.15) is 11.3 Å². The van der Waals surface area contributed by atoms with Crippen LogP contribution in [0.3, 0.4) is 0 Å². The molecule has 6 nitrogen and oxygen atoms in total. The van der Waals surface area contributed by atoms with Gasteiger partial charge in [-0.15, -0.1) is 10.2 Å². The fourth-order valence-electron chi connectivity index (χ4n) is 3.25. The minimum atomic E-state index is -0.536. The van der Waals surface area contributed by atoms with Gasteiger partial charge in [0.2, 0.25) is 0 Å². The van der Waals surface area contributed by atoms with E-state index in [0.29, 0.717) is 17.9 Å². The third-order valence-electron chi connectivity index (χ3n) is 4.62. The molecule has 140 valence electrons. The summed E-state index contributed by atoms with van der Waals surface area (Å²) in [5.74, 6) is 0.426. The van der Waals surface area contributed by atoms with E-state index in [2.05, 4.69) is 25.1 Å². The first-order chi connectivity index (χ1) is 13.1. The number of hydrogen-bond donors (Lipinski definition) is 0. The number of aromatic nitrogens is 4. The highest BCUT2D eigenvalue weighted by atomic mass is 19.1. The summed E-state index contributed by atoms with van der Waals surface area (Å²) in [6.07, 6.45) is 1.85. The van der Waals surface area contributed by atoms with Crippen LogP contribution in [0.2, 0.25) is 0 Å². The molecule has 0 unspecified atom stereocenters. The maximum atomic E-state index is 13.3. The van der Waals surface area contributed by atoms with E-state index in [-0.39, 0.29) is 0 Å². The quantitative estimate of drug-likeness (QED) is 0.707. The molecule has 0 spiro atoms. The standard InChI is InChI=1S/C19H20F2N6/c1-14-4-5-27(24-14)19-3-2-18(22-23-19)26-8-6-25(7-9-26)13-15-10-16(20)12-17(21)11-15/h2-5,10-12H,6-9,13H2,1H3. The van der Waals surface area contributed by atoms with Gasteiger partial charge in [-0.1, -0.05) is 0 Å². The lowest BCUT2D eigenvalue weighted by Crippen LogP contribution is -2.46. The second-order valence-corrected chi connectivity index (χ2v) is 6.69. The normalized spacial score (nSPS) is 15.3. The van der Waals surface area contributed by atoms with Gasteiger partial charge in [-0.2, -0.15) is 5.10 Å². The Kier molecular flexibility index (Phi) is 4.81. The van der Waals surface area contributed by atoms with Gasteiger partial charge in [0.05, 0.1) is 5.69 Å². The summed E-state index contributed by atoms with van der Waals surface area (Å²) in [6.45, 7) is 5.61. The Morgan fingerprint density at radius 3 is 2.15 bits per heavy atom. The molecular weight excluding hydrogens is 350 g/mol. The highest BCUT2D eigenvalue weighted by molar-refractivity contribution is 5.40. The SMILES string of the molecule is Cc1ccn(-c2ccc(N3CCN(Cc4cc(F)cc(F)c4)CC3)nn2)n1. The Balaban J connectivity index is 1.36. The molecule has 0 atom stereocenters. The molecule has 0 saturated carbocycles. The first kappa shape index (κ1) is 17.5. The Labute approximate surface area is 156 Å². The summed E-state index contributed by atoms with van der Waals surface area (Å²) in [5, 5.41) is 12.9. The van der Waals surface area contributed by atoms with Crippen molar-refractivity contribution in [3.63, 3.8) is 0 Å². The van der Waals surface area contributed by atoms with Gasteiger partial charge in [-0.25, -0.2) is 13.5 Å². The van der Waals surface area contributed by atoms with Gasteiger partial charge >= 0.3 is 0 Å². The van der Waals surface area contributed by atoms with Crippen molar-refractivity contribution in [2.45, 2.75) is 13.5 Å². The van der Waals surface area contributed by atoms with Gasteiger partial charge in [0.25, 0.3) is 0 Å². The van der Waals surface area contributed by atoms with E-state index in [1.54, 1.807) is 4.68 Å². The zero-order valence-corrected chi connectivity index (χ0v) is 15.0. The van der Waals surface area contributed by atoms with Crippen LogP contribution in [0, 0.1) is 18.6 Å². The molecule has 1 aliphatic heterocycles. The molecule has 3 aromatic rings. The molecule has 1 saturated heterocycles. The first-order valence-corrected chi connectivity index (χ1v) is 8.85. The van der Waals surface area contributed by atoms with E-state index in [4.69, 9.17) is 0 Å². The van der Waals surface area contributed by atoms with Crippen molar-refractivity contribution in [2.24, 2.45) is 0 Å². The molecule has 0 bridgehead atoms. The van der Waals surface area contributed by atoms with Crippen LogP contribution in [0.25, 0.3) is 5.82 Å². The van der Waals surface area contributed by atoms with E-state index in [1.165, 1.54) is 12.1 Å². The van der Waals surface area contributed by atoms with E-state index in [1.807, 2.05) is 31.3 Å². The molecule has 0 N–H and O–H groups in total. The summed E-state index contributed by atoms with van der Waals surface area (Å²) in [6, 6.07) is 9.43. The molecule has 27 heavy (non-hydrogen) atoms. The van der Waals surface area contributed by atoms with Crippen molar-refractivity contribution in [3.05, 3.63) is 65.5 Å². The van der Waals surface area contributed by atoms with Crippen LogP contribution in [0.15, 0.2) is 42.6 Å². The van der Waals surface area contributed by atoms with Crippen LogP contribution in [-0.2, 0) is 6.54 Å². The number of piperazine rings is 1. The van der Waals surface area contributed by atoms with Crippen molar-refractivity contribution in [3.8, 4) is 5.82 Å². The average molecular weight is 370 g/mol. The number of rotatable bonds is 4. The monoisotopic (exact) mass is 370 g/mol. The Morgan fingerprint density at radius 1 is 0.889 bits per heavy atom. The molecular formula is C19H20F2N6. The van der Waals surface area contributed by atoms with E-state index in [9.17, 15) is 8.78 Å². The number of aryl methyl sites for hydroxylation is 1. The van der Waals surface area contributed by atoms with Crippen molar-refractivity contribution >= 4 is 5.82 Å². The number of hydrogen-bond acceptors (Lipinski definition) is 5. The first-order valence-electron chi connectivity index (χ1n) is 8.85. The van der Waals surface area contributed by atoms with E-state index < -0.39 is 11.6 Å². The molecule has 4 rings (SSSR count). The highest BCUT2D eigenvalue weighted by Gasteiger charge is 2.19. The van der Waals surface area contributed by atoms with Gasteiger partial charge in [0.1, 0.15) is 11.6 Å². The van der Waals surface area contributed by atoms with Crippen LogP contribution < -0.4 is 4.90 Å². The zero-order valence-electron chi connectivity index (χ0n) is 15.0.